The van der Waals surface area contributed by atoms with Gasteiger partial charge in [0.25, 0.3) is 0 Å². The summed E-state index contributed by atoms with van der Waals surface area (Å²) >= 11 is 0. The highest BCUT2D eigenvalue weighted by atomic mass is 16.5. The topological polar surface area (TPSA) is 51.5 Å². The van der Waals surface area contributed by atoms with Crippen LogP contribution >= 0.6 is 0 Å². The summed E-state index contributed by atoms with van der Waals surface area (Å²) in [5.41, 5.74) is 2.05. The highest BCUT2D eigenvalue weighted by Crippen LogP contribution is 2.18. The highest BCUT2D eigenvalue weighted by molar-refractivity contribution is 5.49. The molecule has 1 unspecified atom stereocenters. The molecule has 0 radical (unpaired) electrons. The monoisotopic (exact) mass is 288 g/mol. The number of anilines is 1. The van der Waals surface area contributed by atoms with Crippen molar-refractivity contribution in [1.82, 2.24) is 14.6 Å². The Hall–Kier alpha value is -1.62. The Bertz CT molecular complexity index is 575. The first-order chi connectivity index (χ1) is 10.4. The second-order valence-electron chi connectivity index (χ2n) is 5.78. The lowest BCUT2D eigenvalue weighted by Gasteiger charge is -2.22. The van der Waals surface area contributed by atoms with Crippen LogP contribution in [-0.2, 0) is 11.2 Å². The SMILES string of the molecule is CCCc1cc(NCCC2CCCOC2)n2nccc2n1. The van der Waals surface area contributed by atoms with E-state index in [9.17, 15) is 0 Å². The van der Waals surface area contributed by atoms with Gasteiger partial charge in [-0.2, -0.15) is 9.61 Å². The van der Waals surface area contributed by atoms with Crippen LogP contribution in [0.4, 0.5) is 5.82 Å². The molecule has 1 N–H and O–H groups in total. The Morgan fingerprint density at radius 2 is 2.43 bits per heavy atom. The van der Waals surface area contributed by atoms with Gasteiger partial charge in [-0.05, 0) is 31.6 Å². The number of nitrogens with one attached hydrogen (secondary N) is 1. The molecule has 21 heavy (non-hydrogen) atoms. The van der Waals surface area contributed by atoms with Crippen LogP contribution in [0.15, 0.2) is 18.3 Å². The first-order valence-electron chi connectivity index (χ1n) is 8.02. The van der Waals surface area contributed by atoms with Gasteiger partial charge >= 0.3 is 0 Å². The van der Waals surface area contributed by atoms with Gasteiger partial charge in [-0.15, -0.1) is 0 Å². The van der Waals surface area contributed by atoms with Gasteiger partial charge in [0.1, 0.15) is 5.82 Å². The van der Waals surface area contributed by atoms with Gasteiger partial charge in [-0.1, -0.05) is 13.3 Å². The summed E-state index contributed by atoms with van der Waals surface area (Å²) in [6.45, 7) is 4.98. The number of aromatic nitrogens is 3. The van der Waals surface area contributed by atoms with E-state index < -0.39 is 0 Å². The van der Waals surface area contributed by atoms with E-state index in [4.69, 9.17) is 4.74 Å². The van der Waals surface area contributed by atoms with Crippen molar-refractivity contribution in [2.45, 2.75) is 39.0 Å². The Morgan fingerprint density at radius 1 is 1.48 bits per heavy atom. The van der Waals surface area contributed by atoms with Crippen molar-refractivity contribution < 1.29 is 4.74 Å². The van der Waals surface area contributed by atoms with E-state index in [0.29, 0.717) is 5.92 Å². The fourth-order valence-corrected chi connectivity index (χ4v) is 2.91. The summed E-state index contributed by atoms with van der Waals surface area (Å²) in [5.74, 6) is 1.74. The predicted octanol–water partition coefficient (Wildman–Crippen LogP) is 2.91. The summed E-state index contributed by atoms with van der Waals surface area (Å²) in [5, 5.41) is 7.88. The van der Waals surface area contributed by atoms with Gasteiger partial charge in [-0.25, -0.2) is 4.98 Å². The molecule has 0 amide bonds. The van der Waals surface area contributed by atoms with Crippen molar-refractivity contribution >= 4 is 11.5 Å². The van der Waals surface area contributed by atoms with Crippen molar-refractivity contribution in [1.29, 1.82) is 0 Å². The molecule has 114 valence electrons. The van der Waals surface area contributed by atoms with E-state index in [1.54, 1.807) is 6.20 Å². The zero-order chi connectivity index (χ0) is 14.5. The largest absolute Gasteiger partial charge is 0.381 e. The normalized spacial score (nSPS) is 19.0. The minimum absolute atomic E-state index is 0.691. The molecule has 0 aliphatic carbocycles. The maximum Gasteiger partial charge on any atom is 0.157 e. The second-order valence-corrected chi connectivity index (χ2v) is 5.78. The van der Waals surface area contributed by atoms with Crippen molar-refractivity contribution in [3.05, 3.63) is 24.0 Å². The van der Waals surface area contributed by atoms with E-state index in [-0.39, 0.29) is 0 Å². The van der Waals surface area contributed by atoms with Gasteiger partial charge in [-0.3, -0.25) is 0 Å². The highest BCUT2D eigenvalue weighted by Gasteiger charge is 2.13. The van der Waals surface area contributed by atoms with E-state index in [1.165, 1.54) is 12.8 Å². The molecule has 0 bridgehead atoms. The number of ether oxygens (including phenoxy) is 1. The van der Waals surface area contributed by atoms with Gasteiger partial charge < -0.3 is 10.1 Å². The lowest BCUT2D eigenvalue weighted by molar-refractivity contribution is 0.0530. The molecule has 5 heteroatoms. The maximum atomic E-state index is 5.54. The Balaban J connectivity index is 1.65. The average molecular weight is 288 g/mol. The molecule has 1 aliphatic rings. The summed E-state index contributed by atoms with van der Waals surface area (Å²) in [4.78, 5) is 4.62. The third-order valence-corrected chi connectivity index (χ3v) is 4.03. The van der Waals surface area contributed by atoms with Crippen LogP contribution in [-0.4, -0.2) is 34.4 Å². The number of hydrogen-bond donors (Lipinski definition) is 1. The van der Waals surface area contributed by atoms with Crippen LogP contribution in [0.5, 0.6) is 0 Å². The number of nitrogens with zero attached hydrogens (tertiary/aromatic N) is 3. The molecule has 1 aliphatic heterocycles. The average Bonchev–Trinajstić information content (AvgIpc) is 2.97. The number of rotatable bonds is 6. The molecule has 3 rings (SSSR count). The second kappa shape index (κ2) is 6.89. The van der Waals surface area contributed by atoms with Crippen LogP contribution in [0.3, 0.4) is 0 Å². The summed E-state index contributed by atoms with van der Waals surface area (Å²) in [6, 6.07) is 4.08. The van der Waals surface area contributed by atoms with Gasteiger partial charge in [0, 0.05) is 37.6 Å². The summed E-state index contributed by atoms with van der Waals surface area (Å²) in [6.07, 6.45) is 7.55. The fourth-order valence-electron chi connectivity index (χ4n) is 2.91. The van der Waals surface area contributed by atoms with Crippen LogP contribution in [0.25, 0.3) is 5.65 Å². The Labute approximate surface area is 125 Å². The third kappa shape index (κ3) is 3.53. The van der Waals surface area contributed by atoms with Crippen LogP contribution in [0.1, 0.15) is 38.3 Å². The predicted molar refractivity (Wildman–Crippen MR) is 83.6 cm³/mol. The van der Waals surface area contributed by atoms with E-state index in [2.05, 4.69) is 28.4 Å². The van der Waals surface area contributed by atoms with Crippen LogP contribution in [0.2, 0.25) is 0 Å². The van der Waals surface area contributed by atoms with Gasteiger partial charge in [0.15, 0.2) is 5.65 Å². The molecule has 1 atom stereocenters. The maximum absolute atomic E-state index is 5.54. The molecule has 2 aromatic rings. The molecule has 1 saturated heterocycles. The van der Waals surface area contributed by atoms with Crippen molar-refractivity contribution in [2.75, 3.05) is 25.1 Å². The standard InChI is InChI=1S/C16H24N4O/c1-2-4-14-11-16(20-15(19-14)7-9-18-20)17-8-6-13-5-3-10-21-12-13/h7,9,11,13,17H,2-6,8,10,12H2,1H3. The molecule has 2 aromatic heterocycles. The van der Waals surface area contributed by atoms with Gasteiger partial charge in [0.2, 0.25) is 0 Å². The first-order valence-corrected chi connectivity index (χ1v) is 8.02. The lowest BCUT2D eigenvalue weighted by Crippen LogP contribution is -2.20. The molecule has 0 spiro atoms. The van der Waals surface area contributed by atoms with Crippen molar-refractivity contribution in [3.8, 4) is 0 Å². The zero-order valence-corrected chi connectivity index (χ0v) is 12.7. The third-order valence-electron chi connectivity index (χ3n) is 4.03. The fraction of sp³-hybridized carbons (Fsp3) is 0.625. The molecular weight excluding hydrogens is 264 g/mol. The molecule has 0 saturated carbocycles. The first kappa shape index (κ1) is 14.3. The molecule has 0 aromatic carbocycles. The Kier molecular flexibility index (Phi) is 4.70. The molecular formula is C16H24N4O. The summed E-state index contributed by atoms with van der Waals surface area (Å²) < 4.78 is 7.42. The van der Waals surface area contributed by atoms with Crippen molar-refractivity contribution in [2.24, 2.45) is 5.92 Å². The molecule has 5 nitrogen and oxygen atoms in total. The van der Waals surface area contributed by atoms with Crippen molar-refractivity contribution in [3.63, 3.8) is 0 Å². The molecule has 3 heterocycles. The number of aryl methyl sites for hydroxylation is 1. The minimum Gasteiger partial charge on any atom is -0.381 e. The van der Waals surface area contributed by atoms with E-state index >= 15 is 0 Å². The van der Waals surface area contributed by atoms with Crippen LogP contribution < -0.4 is 5.32 Å². The number of fused-ring (bicyclic) bond motifs is 1. The lowest BCUT2D eigenvalue weighted by atomic mass is 9.99. The van der Waals surface area contributed by atoms with Crippen LogP contribution in [0, 0.1) is 5.92 Å². The number of hydrogen-bond acceptors (Lipinski definition) is 4. The Morgan fingerprint density at radius 3 is 3.24 bits per heavy atom. The quantitative estimate of drug-likeness (QED) is 0.888. The van der Waals surface area contributed by atoms with Gasteiger partial charge in [0.05, 0.1) is 6.20 Å². The smallest absolute Gasteiger partial charge is 0.157 e. The summed E-state index contributed by atoms with van der Waals surface area (Å²) in [7, 11) is 0. The minimum atomic E-state index is 0.691. The van der Waals surface area contributed by atoms with E-state index in [0.717, 1.165) is 56.2 Å². The van der Waals surface area contributed by atoms with E-state index in [1.807, 2.05) is 10.6 Å². The zero-order valence-electron chi connectivity index (χ0n) is 12.7. The molecule has 1 fully saturated rings.